The van der Waals surface area contributed by atoms with Crippen molar-refractivity contribution in [1.29, 1.82) is 0 Å². The third kappa shape index (κ3) is 5.29. The Morgan fingerprint density at radius 2 is 1.73 bits per heavy atom. The molecule has 1 N–H and O–H groups in total. The number of carbonyl (C=O) groups is 2. The lowest BCUT2D eigenvalue weighted by Crippen LogP contribution is -2.42. The van der Waals surface area contributed by atoms with Gasteiger partial charge < -0.3 is 14.6 Å². The van der Waals surface area contributed by atoms with E-state index in [9.17, 15) is 9.59 Å². The third-order valence-corrected chi connectivity index (χ3v) is 5.31. The average molecular weight is 407 g/mol. The second-order valence-corrected chi connectivity index (χ2v) is 7.79. The van der Waals surface area contributed by atoms with Gasteiger partial charge in [-0.05, 0) is 51.3 Å². The topological polar surface area (TPSA) is 62.4 Å². The molecule has 0 aliphatic heterocycles. The van der Waals surface area contributed by atoms with Crippen molar-refractivity contribution < 1.29 is 14.3 Å². The van der Waals surface area contributed by atoms with Crippen LogP contribution in [0.25, 0.3) is 10.9 Å². The first-order chi connectivity index (χ1) is 14.5. The molecular formula is C25H30N2O3. The van der Waals surface area contributed by atoms with Crippen molar-refractivity contribution in [2.24, 2.45) is 5.92 Å². The highest BCUT2D eigenvalue weighted by molar-refractivity contribution is 5.98. The number of hydrogen-bond donors (Lipinski definition) is 1. The van der Waals surface area contributed by atoms with E-state index in [0.29, 0.717) is 25.3 Å². The number of aryl methyl sites for hydroxylation is 1. The predicted molar refractivity (Wildman–Crippen MR) is 119 cm³/mol. The molecule has 1 atom stereocenters. The number of carbonyl (C=O) groups excluding carboxylic acids is 2. The zero-order valence-corrected chi connectivity index (χ0v) is 17.9. The molecule has 0 saturated heterocycles. The van der Waals surface area contributed by atoms with Crippen molar-refractivity contribution in [1.82, 2.24) is 9.88 Å². The number of rotatable bonds is 9. The first-order valence-corrected chi connectivity index (χ1v) is 10.6. The molecular weight excluding hydrogens is 376 g/mol. The van der Waals surface area contributed by atoms with Crippen LogP contribution in [0.15, 0.2) is 60.7 Å². The number of hydrogen-bond acceptors (Lipinski definition) is 3. The molecule has 30 heavy (non-hydrogen) atoms. The zero-order valence-electron chi connectivity index (χ0n) is 17.9. The number of para-hydroxylation sites is 1. The van der Waals surface area contributed by atoms with E-state index in [4.69, 9.17) is 4.74 Å². The highest BCUT2D eigenvalue weighted by Crippen LogP contribution is 2.20. The Labute approximate surface area is 178 Å². The Bertz CT molecular complexity index is 945. The standard InChI is InChI=1S/C25H30N2O3/c1-4-30-25(29)21(15-14-19-10-6-5-7-11-19)17-27(18(2)3)24(28)23-16-20-12-8-9-13-22(20)26-23/h5-13,16,18,21,26H,4,14-15,17H2,1-3H3. The molecule has 0 aliphatic rings. The monoisotopic (exact) mass is 406 g/mol. The Kier molecular flexibility index (Phi) is 7.28. The largest absolute Gasteiger partial charge is 0.466 e. The minimum absolute atomic E-state index is 0.0439. The first-order valence-electron chi connectivity index (χ1n) is 10.6. The summed E-state index contributed by atoms with van der Waals surface area (Å²) in [5.74, 6) is -0.723. The lowest BCUT2D eigenvalue weighted by atomic mass is 9.98. The van der Waals surface area contributed by atoms with Crippen molar-refractivity contribution in [2.45, 2.75) is 39.7 Å². The molecule has 1 unspecified atom stereocenters. The van der Waals surface area contributed by atoms with Gasteiger partial charge in [0.1, 0.15) is 5.69 Å². The molecule has 0 spiro atoms. The van der Waals surface area contributed by atoms with E-state index in [1.165, 1.54) is 5.56 Å². The Hall–Kier alpha value is -3.08. The van der Waals surface area contributed by atoms with Crippen LogP contribution in [0.2, 0.25) is 0 Å². The maximum absolute atomic E-state index is 13.3. The summed E-state index contributed by atoms with van der Waals surface area (Å²) < 4.78 is 5.32. The van der Waals surface area contributed by atoms with Crippen LogP contribution in [0.5, 0.6) is 0 Å². The number of aromatic amines is 1. The number of nitrogens with zero attached hydrogens (tertiary/aromatic N) is 1. The number of H-pyrrole nitrogens is 1. The van der Waals surface area contributed by atoms with Crippen molar-refractivity contribution in [3.63, 3.8) is 0 Å². The Morgan fingerprint density at radius 3 is 2.40 bits per heavy atom. The van der Waals surface area contributed by atoms with Crippen LogP contribution in [0, 0.1) is 5.92 Å². The summed E-state index contributed by atoms with van der Waals surface area (Å²) in [6.45, 7) is 6.41. The summed E-state index contributed by atoms with van der Waals surface area (Å²) in [5.41, 5.74) is 2.64. The van der Waals surface area contributed by atoms with Gasteiger partial charge in [0.15, 0.2) is 0 Å². The zero-order chi connectivity index (χ0) is 21.5. The molecule has 1 heterocycles. The van der Waals surface area contributed by atoms with Gasteiger partial charge >= 0.3 is 5.97 Å². The third-order valence-electron chi connectivity index (χ3n) is 5.31. The molecule has 0 aliphatic carbocycles. The van der Waals surface area contributed by atoms with Crippen LogP contribution in [0.3, 0.4) is 0 Å². The average Bonchev–Trinajstić information content (AvgIpc) is 3.18. The van der Waals surface area contributed by atoms with Crippen LogP contribution in [0.1, 0.15) is 43.2 Å². The van der Waals surface area contributed by atoms with Crippen LogP contribution >= 0.6 is 0 Å². The number of ether oxygens (including phenoxy) is 1. The molecule has 5 heteroatoms. The fourth-order valence-electron chi connectivity index (χ4n) is 3.64. The summed E-state index contributed by atoms with van der Waals surface area (Å²) in [7, 11) is 0. The molecule has 3 aromatic rings. The van der Waals surface area contributed by atoms with Crippen molar-refractivity contribution in [3.05, 3.63) is 71.9 Å². The van der Waals surface area contributed by atoms with Gasteiger partial charge in [-0.1, -0.05) is 48.5 Å². The fourth-order valence-corrected chi connectivity index (χ4v) is 3.64. The molecule has 0 radical (unpaired) electrons. The Morgan fingerprint density at radius 1 is 1.03 bits per heavy atom. The normalized spacial score (nSPS) is 12.1. The van der Waals surface area contributed by atoms with Crippen LogP contribution in [-0.2, 0) is 16.0 Å². The minimum Gasteiger partial charge on any atom is -0.466 e. The van der Waals surface area contributed by atoms with E-state index in [0.717, 1.165) is 17.3 Å². The summed E-state index contributed by atoms with van der Waals surface area (Å²) in [6, 6.07) is 19.7. The number of amides is 1. The van der Waals surface area contributed by atoms with E-state index in [2.05, 4.69) is 17.1 Å². The van der Waals surface area contributed by atoms with Crippen molar-refractivity contribution >= 4 is 22.8 Å². The second kappa shape index (κ2) is 10.1. The number of benzene rings is 2. The summed E-state index contributed by atoms with van der Waals surface area (Å²) in [5, 5.41) is 0.996. The van der Waals surface area contributed by atoms with Gasteiger partial charge in [-0.25, -0.2) is 0 Å². The highest BCUT2D eigenvalue weighted by atomic mass is 16.5. The SMILES string of the molecule is CCOC(=O)C(CCc1ccccc1)CN(C(=O)c1cc2ccccc2[nH]1)C(C)C. The minimum atomic E-state index is -0.374. The molecule has 1 amide bonds. The van der Waals surface area contributed by atoms with E-state index < -0.39 is 0 Å². The summed E-state index contributed by atoms with van der Waals surface area (Å²) in [6.07, 6.45) is 1.39. The molecule has 3 rings (SSSR count). The van der Waals surface area contributed by atoms with Gasteiger partial charge in [-0.3, -0.25) is 9.59 Å². The van der Waals surface area contributed by atoms with Crippen LogP contribution < -0.4 is 0 Å². The molecule has 0 saturated carbocycles. The summed E-state index contributed by atoms with van der Waals surface area (Å²) >= 11 is 0. The Balaban J connectivity index is 1.78. The molecule has 5 nitrogen and oxygen atoms in total. The quantitative estimate of drug-likeness (QED) is 0.518. The number of aromatic nitrogens is 1. The van der Waals surface area contributed by atoms with E-state index in [1.807, 2.05) is 69.3 Å². The molecule has 0 fully saturated rings. The highest BCUT2D eigenvalue weighted by Gasteiger charge is 2.28. The van der Waals surface area contributed by atoms with Crippen LogP contribution in [-0.4, -0.2) is 41.0 Å². The van der Waals surface area contributed by atoms with Gasteiger partial charge in [0.2, 0.25) is 0 Å². The fraction of sp³-hybridized carbons (Fsp3) is 0.360. The van der Waals surface area contributed by atoms with Crippen molar-refractivity contribution in [3.8, 4) is 0 Å². The number of nitrogens with one attached hydrogen (secondary N) is 1. The van der Waals surface area contributed by atoms with Gasteiger partial charge in [-0.2, -0.15) is 0 Å². The van der Waals surface area contributed by atoms with Crippen molar-refractivity contribution in [2.75, 3.05) is 13.2 Å². The second-order valence-electron chi connectivity index (χ2n) is 7.79. The van der Waals surface area contributed by atoms with Gasteiger partial charge in [0, 0.05) is 23.5 Å². The van der Waals surface area contributed by atoms with Crippen LogP contribution in [0.4, 0.5) is 0 Å². The maximum atomic E-state index is 13.3. The predicted octanol–water partition coefficient (Wildman–Crippen LogP) is 4.83. The van der Waals surface area contributed by atoms with E-state index >= 15 is 0 Å². The molecule has 158 valence electrons. The van der Waals surface area contributed by atoms with Gasteiger partial charge in [0.25, 0.3) is 5.91 Å². The van der Waals surface area contributed by atoms with Gasteiger partial charge in [0.05, 0.1) is 12.5 Å². The van der Waals surface area contributed by atoms with E-state index in [-0.39, 0.29) is 23.8 Å². The first kappa shape index (κ1) is 21.6. The molecule has 2 aromatic carbocycles. The molecule has 0 bridgehead atoms. The maximum Gasteiger partial charge on any atom is 0.310 e. The lowest BCUT2D eigenvalue weighted by molar-refractivity contribution is -0.148. The molecule has 1 aromatic heterocycles. The van der Waals surface area contributed by atoms with Gasteiger partial charge in [-0.15, -0.1) is 0 Å². The number of esters is 1. The lowest BCUT2D eigenvalue weighted by Gasteiger charge is -2.30. The number of fused-ring (bicyclic) bond motifs is 1. The summed E-state index contributed by atoms with van der Waals surface area (Å²) in [4.78, 5) is 30.9. The van der Waals surface area contributed by atoms with E-state index in [1.54, 1.807) is 4.90 Å². The smallest absolute Gasteiger partial charge is 0.310 e.